The van der Waals surface area contributed by atoms with Crippen LogP contribution in [-0.4, -0.2) is 31.6 Å². The zero-order chi connectivity index (χ0) is 26.3. The average Bonchev–Trinajstić information content (AvgIpc) is 2.83. The molecule has 0 aromatic heterocycles. The lowest BCUT2D eigenvalue weighted by Gasteiger charge is -2.18. The largest absolute Gasteiger partial charge is 0.673 e. The van der Waals surface area contributed by atoms with E-state index in [9.17, 15) is 17.3 Å². The maximum Gasteiger partial charge on any atom is 0.673 e. The Morgan fingerprint density at radius 1 is 0.722 bits per heavy atom. The Kier molecular flexibility index (Phi) is 9.51. The highest BCUT2D eigenvalue weighted by atomic mass is 79.9. The first kappa shape index (κ1) is 27.7. The molecule has 9 heteroatoms. The van der Waals surface area contributed by atoms with E-state index in [0.717, 1.165) is 42.7 Å². The fraction of sp³-hybridized carbons (Fsp3) is 0.0741. The minimum absolute atomic E-state index is 0.801. The predicted molar refractivity (Wildman–Crippen MR) is 147 cm³/mol. The Morgan fingerprint density at radius 3 is 1.72 bits per heavy atom. The highest BCUT2D eigenvalue weighted by Gasteiger charge is 2.20. The summed E-state index contributed by atoms with van der Waals surface area (Å²) in [5, 5.41) is 0. The van der Waals surface area contributed by atoms with E-state index >= 15 is 0 Å². The van der Waals surface area contributed by atoms with Crippen LogP contribution in [0.1, 0.15) is 11.1 Å². The first-order valence-electron chi connectivity index (χ1n) is 10.8. The third kappa shape index (κ3) is 8.95. The van der Waals surface area contributed by atoms with Gasteiger partial charge < -0.3 is 22.0 Å². The monoisotopic (exact) mass is 621 g/mol. The van der Waals surface area contributed by atoms with Gasteiger partial charge in [-0.15, -0.1) is 0 Å². The molecule has 0 saturated heterocycles. The maximum atomic E-state index is 9.75. The van der Waals surface area contributed by atoms with Crippen LogP contribution in [0.2, 0.25) is 0 Å². The number of nitrogens with zero attached hydrogens (tertiary/aromatic N) is 1. The summed E-state index contributed by atoms with van der Waals surface area (Å²) in [5.74, 6) is 1.63. The quantitative estimate of drug-likeness (QED) is 0.190. The summed E-state index contributed by atoms with van der Waals surface area (Å²) in [6.45, 7) is 0. The molecule has 0 radical (unpaired) electrons. The van der Waals surface area contributed by atoms with Gasteiger partial charge in [-0.1, -0.05) is 62.2 Å². The summed E-state index contributed by atoms with van der Waals surface area (Å²) >= 11 is 7.02. The molecule has 4 rings (SSSR count). The third-order valence-corrected chi connectivity index (χ3v) is 6.03. The molecule has 1 heterocycles. The van der Waals surface area contributed by atoms with Crippen molar-refractivity contribution < 1.29 is 26.6 Å². The molecule has 2 aromatic carbocycles. The lowest BCUT2D eigenvalue weighted by Crippen LogP contribution is -2.09. The predicted octanol–water partition coefficient (Wildman–Crippen LogP) is 8.62. The Balaban J connectivity index is 0.000000658. The number of rotatable bonds is 3. The molecular formula is C27H22BBr2F4NO. The van der Waals surface area contributed by atoms with Crippen molar-refractivity contribution >= 4 is 56.2 Å². The maximum absolute atomic E-state index is 9.75. The molecular weight excluding hydrogens is 601 g/mol. The van der Waals surface area contributed by atoms with E-state index in [0.29, 0.717) is 0 Å². The van der Waals surface area contributed by atoms with Crippen molar-refractivity contribution in [2.24, 2.45) is 0 Å². The summed E-state index contributed by atoms with van der Waals surface area (Å²) in [7, 11) is -1.91. The number of hydrogen-bond donors (Lipinski definition) is 0. The van der Waals surface area contributed by atoms with Gasteiger partial charge in [0.15, 0.2) is 5.71 Å². The Bertz CT molecular complexity index is 1290. The van der Waals surface area contributed by atoms with Crippen LogP contribution in [0.4, 0.5) is 17.3 Å². The molecule has 2 aromatic rings. The topological polar surface area (TPSA) is 12.2 Å². The van der Waals surface area contributed by atoms with Gasteiger partial charge in [-0.2, -0.15) is 0 Å². The third-order valence-electron chi connectivity index (χ3n) is 4.97. The van der Waals surface area contributed by atoms with Crippen LogP contribution in [0.15, 0.2) is 117 Å². The number of halogens is 6. The van der Waals surface area contributed by atoms with E-state index in [1.54, 1.807) is 0 Å². The minimum Gasteiger partial charge on any atom is -0.457 e. The van der Waals surface area contributed by atoms with Gasteiger partial charge in [-0.25, -0.2) is 4.58 Å². The fourth-order valence-electron chi connectivity index (χ4n) is 3.23. The average molecular weight is 623 g/mol. The van der Waals surface area contributed by atoms with E-state index in [2.05, 4.69) is 115 Å². The van der Waals surface area contributed by atoms with Gasteiger partial charge in [0.2, 0.25) is 0 Å². The highest BCUT2D eigenvalue weighted by molar-refractivity contribution is 9.10. The van der Waals surface area contributed by atoms with E-state index in [1.807, 2.05) is 32.3 Å². The number of allylic oxidation sites excluding steroid dienone is 10. The summed E-state index contributed by atoms with van der Waals surface area (Å²) < 4.78 is 49.5. The Morgan fingerprint density at radius 2 is 1.22 bits per heavy atom. The van der Waals surface area contributed by atoms with Crippen LogP contribution in [0.3, 0.4) is 0 Å². The van der Waals surface area contributed by atoms with Crippen molar-refractivity contribution in [2.45, 2.75) is 0 Å². The standard InChI is InChI=1S/C27H22Br2NO.BF4/c1-30(2)25-14-3-19(4-15-25)5-16-26-17-22(20-6-10-23(28)11-7-20)18-27(31-26)21-8-12-24(29)13-9-21;2-1(3,4)5/h3-18H,1-2H3;/q+1;-1. The molecule has 0 spiro atoms. The molecule has 0 amide bonds. The molecule has 0 fully saturated rings. The minimum atomic E-state index is -6.00. The van der Waals surface area contributed by atoms with E-state index in [1.165, 1.54) is 5.71 Å². The second-order valence-corrected chi connectivity index (χ2v) is 9.77. The van der Waals surface area contributed by atoms with Crippen molar-refractivity contribution in [3.63, 3.8) is 0 Å². The van der Waals surface area contributed by atoms with Gasteiger partial charge in [-0.3, -0.25) is 0 Å². The van der Waals surface area contributed by atoms with Crippen molar-refractivity contribution in [3.05, 3.63) is 129 Å². The van der Waals surface area contributed by atoms with Crippen LogP contribution >= 0.6 is 31.9 Å². The summed E-state index contributed by atoms with van der Waals surface area (Å²) in [4.78, 5) is 0. The van der Waals surface area contributed by atoms with Gasteiger partial charge >= 0.3 is 7.25 Å². The summed E-state index contributed by atoms with van der Waals surface area (Å²) in [5.41, 5.74) is 5.59. The van der Waals surface area contributed by atoms with Crippen LogP contribution in [0.5, 0.6) is 0 Å². The molecule has 2 aliphatic rings. The molecule has 0 N–H and O–H groups in total. The van der Waals surface area contributed by atoms with Gasteiger partial charge in [0.25, 0.3) is 0 Å². The Hall–Kier alpha value is -2.91. The van der Waals surface area contributed by atoms with Crippen LogP contribution < -0.4 is 0 Å². The fourth-order valence-corrected chi connectivity index (χ4v) is 3.76. The van der Waals surface area contributed by atoms with Gasteiger partial charge in [0.05, 0.1) is 0 Å². The van der Waals surface area contributed by atoms with Crippen LogP contribution in [-0.2, 0) is 4.74 Å². The molecule has 0 atom stereocenters. The molecule has 2 nitrogen and oxygen atoms in total. The van der Waals surface area contributed by atoms with Gasteiger partial charge in [0.1, 0.15) is 25.6 Å². The molecule has 36 heavy (non-hydrogen) atoms. The SMILES string of the molecule is C[N+](C)=C1C=CC(=CC=C2C=C(c3ccc(Br)cc3)C=C(c3ccc(Br)cc3)O2)C=C1.F[B-](F)(F)F. The lowest BCUT2D eigenvalue weighted by atomic mass is 10.0. The molecule has 1 aliphatic carbocycles. The second kappa shape index (κ2) is 12.4. The van der Waals surface area contributed by atoms with Crippen molar-refractivity contribution in [1.29, 1.82) is 0 Å². The first-order chi connectivity index (χ1) is 17.0. The molecule has 186 valence electrons. The summed E-state index contributed by atoms with van der Waals surface area (Å²) in [6.07, 6.45) is 16.7. The van der Waals surface area contributed by atoms with Crippen molar-refractivity contribution in [3.8, 4) is 0 Å². The van der Waals surface area contributed by atoms with Gasteiger partial charge in [0, 0.05) is 26.7 Å². The zero-order valence-electron chi connectivity index (χ0n) is 19.4. The molecule has 0 bridgehead atoms. The Labute approximate surface area is 224 Å². The first-order valence-corrected chi connectivity index (χ1v) is 12.4. The van der Waals surface area contributed by atoms with E-state index < -0.39 is 7.25 Å². The molecule has 1 aliphatic heterocycles. The lowest BCUT2D eigenvalue weighted by molar-refractivity contribution is -0.462. The molecule has 0 unspecified atom stereocenters. The highest BCUT2D eigenvalue weighted by Crippen LogP contribution is 2.32. The summed E-state index contributed by atoms with van der Waals surface area (Å²) in [6, 6.07) is 16.5. The number of benzene rings is 2. The van der Waals surface area contributed by atoms with Gasteiger partial charge in [-0.05, 0) is 71.4 Å². The van der Waals surface area contributed by atoms with E-state index in [-0.39, 0.29) is 0 Å². The zero-order valence-corrected chi connectivity index (χ0v) is 22.6. The molecule has 0 saturated carbocycles. The normalized spacial score (nSPS) is 16.1. The second-order valence-electron chi connectivity index (χ2n) is 7.94. The number of hydrogen-bond acceptors (Lipinski definition) is 1. The van der Waals surface area contributed by atoms with Crippen LogP contribution in [0.25, 0.3) is 11.3 Å². The van der Waals surface area contributed by atoms with Crippen molar-refractivity contribution in [1.82, 2.24) is 0 Å². The van der Waals surface area contributed by atoms with Crippen LogP contribution in [0, 0.1) is 0 Å². The van der Waals surface area contributed by atoms with Crippen molar-refractivity contribution in [2.75, 3.05) is 14.1 Å². The number of ether oxygens (including phenoxy) is 1. The van der Waals surface area contributed by atoms with E-state index in [4.69, 9.17) is 4.74 Å². The smallest absolute Gasteiger partial charge is 0.457 e.